The molecule has 0 aliphatic carbocycles. The molecule has 212 valence electrons. The lowest BCUT2D eigenvalue weighted by atomic mass is 10.0. The van der Waals surface area contributed by atoms with E-state index in [1.54, 1.807) is 12.1 Å². The Hall–Kier alpha value is -3.02. The van der Waals surface area contributed by atoms with Gasteiger partial charge >= 0.3 is 12.1 Å². The van der Waals surface area contributed by atoms with E-state index in [4.69, 9.17) is 18.9 Å². The van der Waals surface area contributed by atoms with Crippen molar-refractivity contribution in [3.63, 3.8) is 0 Å². The number of methoxy groups -OCH3 is 1. The van der Waals surface area contributed by atoms with Gasteiger partial charge in [0.25, 0.3) is 0 Å². The van der Waals surface area contributed by atoms with E-state index in [2.05, 4.69) is 33.4 Å². The van der Waals surface area contributed by atoms with E-state index in [1.807, 2.05) is 25.1 Å². The molecule has 1 unspecified atom stereocenters. The molecule has 0 radical (unpaired) electrons. The van der Waals surface area contributed by atoms with Crippen LogP contribution in [0.15, 0.2) is 54.2 Å². The molecule has 0 saturated heterocycles. The number of carbonyl (C=O) groups excluding carboxylic acids is 2. The van der Waals surface area contributed by atoms with Gasteiger partial charge in [0.05, 0.1) is 7.11 Å². The third-order valence-corrected chi connectivity index (χ3v) is 6.13. The Morgan fingerprint density at radius 2 is 1.74 bits per heavy atom. The fourth-order valence-electron chi connectivity index (χ4n) is 3.90. The minimum atomic E-state index is -0.804. The molecule has 38 heavy (non-hydrogen) atoms. The number of hydrogen-bond donors (Lipinski definition) is 0. The summed E-state index contributed by atoms with van der Waals surface area (Å²) < 4.78 is 21.8. The van der Waals surface area contributed by atoms with E-state index in [9.17, 15) is 9.59 Å². The van der Waals surface area contributed by atoms with Crippen LogP contribution in [0.3, 0.4) is 0 Å². The lowest BCUT2D eigenvalue weighted by Gasteiger charge is -2.18. The molecular weight excluding hydrogens is 480 g/mol. The number of carbonyl (C=O) groups is 2. The summed E-state index contributed by atoms with van der Waals surface area (Å²) in [5.41, 5.74) is 3.49. The molecule has 1 aromatic rings. The number of ether oxygens (including phenoxy) is 4. The average molecular weight is 529 g/mol. The van der Waals surface area contributed by atoms with Crippen molar-refractivity contribution in [1.29, 1.82) is 0 Å². The van der Waals surface area contributed by atoms with Gasteiger partial charge in [-0.25, -0.2) is 4.79 Å². The number of hydrogen-bond acceptors (Lipinski definition) is 6. The summed E-state index contributed by atoms with van der Waals surface area (Å²) in [6, 6.07) is 5.35. The lowest BCUT2D eigenvalue weighted by molar-refractivity contribution is -0.143. The van der Waals surface area contributed by atoms with Crippen molar-refractivity contribution >= 4 is 12.1 Å². The highest BCUT2D eigenvalue weighted by atomic mass is 16.7. The van der Waals surface area contributed by atoms with Crippen LogP contribution in [0.5, 0.6) is 11.5 Å². The van der Waals surface area contributed by atoms with Crippen LogP contribution in [0, 0.1) is 0 Å². The van der Waals surface area contributed by atoms with Gasteiger partial charge in [0.15, 0.2) is 11.5 Å². The monoisotopic (exact) mass is 528 g/mol. The molecule has 0 N–H and O–H groups in total. The van der Waals surface area contributed by atoms with Gasteiger partial charge in [-0.05, 0) is 83.1 Å². The molecule has 1 rings (SSSR count). The van der Waals surface area contributed by atoms with Gasteiger partial charge in [-0.15, -0.1) is 6.58 Å². The van der Waals surface area contributed by atoms with Crippen molar-refractivity contribution in [3.8, 4) is 11.5 Å². The summed E-state index contributed by atoms with van der Waals surface area (Å²) in [6.45, 7) is 12.4. The first-order valence-corrected chi connectivity index (χ1v) is 13.9. The largest absolute Gasteiger partial charge is 0.514 e. The SMILES string of the molecule is C=CCc1ccc(OC(=O)OC(CCCCCCC)CCC(=O)OCC=C(C)CCC=C(C)C)c(OC)c1. The summed E-state index contributed by atoms with van der Waals surface area (Å²) in [6.07, 6.45) is 14.0. The second-order valence-electron chi connectivity index (χ2n) is 9.87. The Bertz CT molecular complexity index is 911. The van der Waals surface area contributed by atoms with Crippen LogP contribution in [-0.4, -0.2) is 31.9 Å². The maximum Gasteiger partial charge on any atom is 0.514 e. The standard InChI is InChI=1S/C32H48O6/c1-7-9-10-11-12-17-28(19-21-31(33)36-23-22-26(5)16-13-15-25(3)4)37-32(34)38-29-20-18-27(14-8-2)24-30(29)35-6/h8,15,18,20,22,24,28H,2,7,9-14,16-17,19,21,23H2,1,3-6H3. The maximum absolute atomic E-state index is 12.6. The van der Waals surface area contributed by atoms with Gasteiger partial charge in [-0.2, -0.15) is 0 Å². The number of allylic oxidation sites excluding steroid dienone is 4. The molecule has 1 atom stereocenters. The van der Waals surface area contributed by atoms with Crippen molar-refractivity contribution in [2.75, 3.05) is 13.7 Å². The molecule has 0 spiro atoms. The molecule has 6 heteroatoms. The minimum absolute atomic E-state index is 0.178. The van der Waals surface area contributed by atoms with Gasteiger partial charge < -0.3 is 18.9 Å². The summed E-state index contributed by atoms with van der Waals surface area (Å²) in [5.74, 6) is 0.439. The zero-order chi connectivity index (χ0) is 28.2. The Labute approximate surface area is 230 Å². The Morgan fingerprint density at radius 1 is 0.974 bits per heavy atom. The average Bonchev–Trinajstić information content (AvgIpc) is 2.87. The van der Waals surface area contributed by atoms with Gasteiger partial charge in [0.1, 0.15) is 12.7 Å². The van der Waals surface area contributed by atoms with Crippen LogP contribution >= 0.6 is 0 Å². The Balaban J connectivity index is 2.64. The zero-order valence-corrected chi connectivity index (χ0v) is 24.2. The predicted octanol–water partition coefficient (Wildman–Crippen LogP) is 8.68. The molecule has 1 aromatic carbocycles. The number of unbranched alkanes of at least 4 members (excludes halogenated alkanes) is 4. The van der Waals surface area contributed by atoms with Crippen molar-refractivity contribution in [2.45, 2.75) is 104 Å². The second kappa shape index (κ2) is 20.0. The topological polar surface area (TPSA) is 71.1 Å². The van der Waals surface area contributed by atoms with Crippen LogP contribution in [0.1, 0.15) is 97.5 Å². The zero-order valence-electron chi connectivity index (χ0n) is 24.2. The first kappa shape index (κ1) is 33.0. The lowest BCUT2D eigenvalue weighted by Crippen LogP contribution is -2.22. The third-order valence-electron chi connectivity index (χ3n) is 6.13. The summed E-state index contributed by atoms with van der Waals surface area (Å²) in [4.78, 5) is 24.9. The van der Waals surface area contributed by atoms with Crippen molar-refractivity contribution < 1.29 is 28.5 Å². The molecule has 0 aromatic heterocycles. The molecule has 0 fully saturated rings. The van der Waals surface area contributed by atoms with E-state index in [1.165, 1.54) is 24.7 Å². The van der Waals surface area contributed by atoms with Gasteiger partial charge in [-0.1, -0.05) is 62.0 Å². The summed E-state index contributed by atoms with van der Waals surface area (Å²) in [5, 5.41) is 0. The van der Waals surface area contributed by atoms with Crippen molar-refractivity contribution in [1.82, 2.24) is 0 Å². The van der Waals surface area contributed by atoms with Crippen LogP contribution in [0.4, 0.5) is 4.79 Å². The maximum atomic E-state index is 12.6. The molecule has 0 amide bonds. The molecule has 0 heterocycles. The highest BCUT2D eigenvalue weighted by Crippen LogP contribution is 2.29. The van der Waals surface area contributed by atoms with Gasteiger partial charge in [-0.3, -0.25) is 4.79 Å². The second-order valence-corrected chi connectivity index (χ2v) is 9.87. The fourth-order valence-corrected chi connectivity index (χ4v) is 3.90. The molecule has 0 aliphatic rings. The van der Waals surface area contributed by atoms with E-state index in [0.717, 1.165) is 44.1 Å². The Kier molecular flexibility index (Phi) is 17.4. The molecule has 0 saturated carbocycles. The summed E-state index contributed by atoms with van der Waals surface area (Å²) >= 11 is 0. The highest BCUT2D eigenvalue weighted by molar-refractivity contribution is 5.69. The third kappa shape index (κ3) is 15.3. The predicted molar refractivity (Wildman–Crippen MR) is 154 cm³/mol. The molecule has 0 aliphatic heterocycles. The first-order chi connectivity index (χ1) is 18.3. The highest BCUT2D eigenvalue weighted by Gasteiger charge is 2.19. The quantitative estimate of drug-likeness (QED) is 0.0774. The van der Waals surface area contributed by atoms with E-state index in [0.29, 0.717) is 25.0 Å². The van der Waals surface area contributed by atoms with Crippen LogP contribution in [-0.2, 0) is 20.7 Å². The van der Waals surface area contributed by atoms with Crippen LogP contribution in [0.2, 0.25) is 0 Å². The first-order valence-electron chi connectivity index (χ1n) is 13.9. The molecular formula is C32H48O6. The number of benzene rings is 1. The van der Waals surface area contributed by atoms with Crippen LogP contribution < -0.4 is 9.47 Å². The van der Waals surface area contributed by atoms with Crippen molar-refractivity contribution in [3.05, 3.63) is 59.7 Å². The van der Waals surface area contributed by atoms with E-state index < -0.39 is 12.3 Å². The van der Waals surface area contributed by atoms with Gasteiger partial charge in [0, 0.05) is 6.42 Å². The smallest absolute Gasteiger partial charge is 0.493 e. The summed E-state index contributed by atoms with van der Waals surface area (Å²) in [7, 11) is 1.52. The van der Waals surface area contributed by atoms with E-state index >= 15 is 0 Å². The fraction of sp³-hybridized carbons (Fsp3) is 0.562. The number of esters is 1. The Morgan fingerprint density at radius 3 is 2.42 bits per heavy atom. The van der Waals surface area contributed by atoms with Crippen molar-refractivity contribution in [2.24, 2.45) is 0 Å². The van der Waals surface area contributed by atoms with E-state index in [-0.39, 0.29) is 24.7 Å². The molecule has 0 bridgehead atoms. The molecule has 6 nitrogen and oxygen atoms in total. The minimum Gasteiger partial charge on any atom is -0.493 e. The van der Waals surface area contributed by atoms with Gasteiger partial charge in [0.2, 0.25) is 0 Å². The van der Waals surface area contributed by atoms with Crippen LogP contribution in [0.25, 0.3) is 0 Å². The number of rotatable bonds is 19. The normalized spacial score (nSPS) is 11.9.